The molecule has 1 saturated carbocycles. The maximum atomic E-state index is 11.3. The number of benzene rings is 1. The Morgan fingerprint density at radius 3 is 2.93 bits per heavy atom. The second-order valence-corrected chi connectivity index (χ2v) is 7.98. The quantitative estimate of drug-likeness (QED) is 0.202. The number of nitrogens with one attached hydrogen (secondary N) is 1. The maximum absolute atomic E-state index is 11.3. The van der Waals surface area contributed by atoms with E-state index in [4.69, 9.17) is 0 Å². The van der Waals surface area contributed by atoms with E-state index in [-0.39, 0.29) is 0 Å². The lowest BCUT2D eigenvalue weighted by atomic mass is 10.1. The Morgan fingerprint density at radius 1 is 1.39 bits per heavy atom. The summed E-state index contributed by atoms with van der Waals surface area (Å²) < 4.78 is 0. The fourth-order valence-electron chi connectivity index (χ4n) is 2.72. The average Bonchev–Trinajstić information content (AvgIpc) is 3.45. The van der Waals surface area contributed by atoms with Gasteiger partial charge < -0.3 is 15.5 Å². The number of carbonyl (C=O) groups excluding carboxylic acids is 1. The van der Waals surface area contributed by atoms with E-state index in [9.17, 15) is 15.0 Å². The predicted octanol–water partition coefficient (Wildman–Crippen LogP) is 4.50. The smallest absolute Gasteiger partial charge is 0.162 e. The van der Waals surface area contributed by atoms with Gasteiger partial charge in [0.25, 0.3) is 0 Å². The van der Waals surface area contributed by atoms with Crippen molar-refractivity contribution in [3.8, 4) is 17.6 Å². The number of carbonyl (C=O) groups is 1. The Bertz CT molecular complexity index is 920. The van der Waals surface area contributed by atoms with E-state index in [1.54, 1.807) is 18.2 Å². The summed E-state index contributed by atoms with van der Waals surface area (Å²) in [6.07, 6.45) is 6.76. The standard InChI is InChI=1S/C22H24N2O3S/c1-2-18(26)8-9-19-12-20(22(13-25)28-19)24-14-23-17-7-10-21(27)16(11-17)6-5-15-3-4-15/h7,10-15,18,26-27H,2-6H2,1H3,(H,23,24). The Labute approximate surface area is 169 Å². The third-order valence-corrected chi connectivity index (χ3v) is 5.59. The molecular weight excluding hydrogens is 372 g/mol. The molecule has 146 valence electrons. The van der Waals surface area contributed by atoms with Gasteiger partial charge in [0.1, 0.15) is 11.9 Å². The molecule has 1 unspecified atom stereocenters. The molecule has 1 heterocycles. The van der Waals surface area contributed by atoms with Gasteiger partial charge in [0, 0.05) is 5.69 Å². The Hall–Kier alpha value is -2.62. The fraction of sp³-hybridized carbons (Fsp3) is 0.364. The summed E-state index contributed by atoms with van der Waals surface area (Å²) in [6, 6.07) is 7.15. The number of thiophene rings is 1. The van der Waals surface area contributed by atoms with E-state index in [0.29, 0.717) is 27.6 Å². The predicted molar refractivity (Wildman–Crippen MR) is 114 cm³/mol. The second-order valence-electron chi connectivity index (χ2n) is 6.90. The molecule has 1 fully saturated rings. The number of hydrogen-bond acceptors (Lipinski definition) is 5. The third kappa shape index (κ3) is 5.69. The van der Waals surface area contributed by atoms with Gasteiger partial charge in [-0.25, -0.2) is 4.99 Å². The number of phenolic OH excluding ortho intramolecular Hbond substituents is 1. The van der Waals surface area contributed by atoms with Crippen LogP contribution in [0.25, 0.3) is 0 Å². The Balaban J connectivity index is 1.66. The van der Waals surface area contributed by atoms with Gasteiger partial charge in [0.15, 0.2) is 6.29 Å². The first-order valence-electron chi connectivity index (χ1n) is 9.48. The molecule has 0 amide bonds. The van der Waals surface area contributed by atoms with Crippen molar-refractivity contribution in [3.63, 3.8) is 0 Å². The molecule has 3 rings (SSSR count). The first-order valence-corrected chi connectivity index (χ1v) is 10.3. The first-order chi connectivity index (χ1) is 13.6. The van der Waals surface area contributed by atoms with Crippen LogP contribution >= 0.6 is 11.3 Å². The third-order valence-electron chi connectivity index (χ3n) is 4.63. The van der Waals surface area contributed by atoms with Gasteiger partial charge in [-0.2, -0.15) is 0 Å². The molecule has 2 aromatic rings. The highest BCUT2D eigenvalue weighted by Gasteiger charge is 2.21. The summed E-state index contributed by atoms with van der Waals surface area (Å²) in [5, 5.41) is 22.7. The van der Waals surface area contributed by atoms with Crippen LogP contribution < -0.4 is 5.32 Å². The van der Waals surface area contributed by atoms with Crippen molar-refractivity contribution in [1.82, 2.24) is 0 Å². The minimum Gasteiger partial charge on any atom is -0.508 e. The zero-order valence-electron chi connectivity index (χ0n) is 15.8. The van der Waals surface area contributed by atoms with Gasteiger partial charge in [-0.05, 0) is 55.0 Å². The number of anilines is 1. The lowest BCUT2D eigenvalue weighted by molar-refractivity contribution is 0.112. The largest absolute Gasteiger partial charge is 0.508 e. The van der Waals surface area contributed by atoms with Crippen LogP contribution in [0.4, 0.5) is 11.4 Å². The summed E-state index contributed by atoms with van der Waals surface area (Å²) in [6.45, 7) is 1.85. The van der Waals surface area contributed by atoms with Crippen LogP contribution in [0.1, 0.15) is 52.7 Å². The molecular formula is C22H24N2O3S. The van der Waals surface area contributed by atoms with E-state index < -0.39 is 6.10 Å². The van der Waals surface area contributed by atoms with Crippen molar-refractivity contribution >= 4 is 35.3 Å². The van der Waals surface area contributed by atoms with E-state index >= 15 is 0 Å². The van der Waals surface area contributed by atoms with Crippen molar-refractivity contribution in [2.45, 2.75) is 45.1 Å². The van der Waals surface area contributed by atoms with Crippen LogP contribution in [0.2, 0.25) is 0 Å². The van der Waals surface area contributed by atoms with E-state index in [1.807, 2.05) is 13.0 Å². The summed E-state index contributed by atoms with van der Waals surface area (Å²) >= 11 is 1.25. The highest BCUT2D eigenvalue weighted by molar-refractivity contribution is 7.14. The van der Waals surface area contributed by atoms with Gasteiger partial charge >= 0.3 is 0 Å². The number of aliphatic hydroxyl groups is 1. The summed E-state index contributed by atoms with van der Waals surface area (Å²) in [4.78, 5) is 16.8. The van der Waals surface area contributed by atoms with Crippen molar-refractivity contribution in [2.75, 3.05) is 5.32 Å². The minimum absolute atomic E-state index is 0.321. The number of aliphatic hydroxyl groups excluding tert-OH is 1. The fourth-order valence-corrected chi connectivity index (χ4v) is 3.50. The highest BCUT2D eigenvalue weighted by atomic mass is 32.1. The van der Waals surface area contributed by atoms with E-state index in [0.717, 1.165) is 36.3 Å². The molecule has 0 saturated heterocycles. The molecule has 1 aliphatic rings. The molecule has 3 N–H and O–H groups in total. The zero-order valence-corrected chi connectivity index (χ0v) is 16.6. The van der Waals surface area contributed by atoms with Gasteiger partial charge in [-0.1, -0.05) is 31.6 Å². The molecule has 0 spiro atoms. The van der Waals surface area contributed by atoms with Crippen molar-refractivity contribution in [3.05, 3.63) is 39.6 Å². The van der Waals surface area contributed by atoms with Crippen LogP contribution in [0.5, 0.6) is 5.75 Å². The highest BCUT2D eigenvalue weighted by Crippen LogP contribution is 2.35. The number of phenols is 1. The molecule has 5 nitrogen and oxygen atoms in total. The number of nitrogens with zero attached hydrogens (tertiary/aromatic N) is 1. The zero-order chi connectivity index (χ0) is 19.9. The van der Waals surface area contributed by atoms with Crippen LogP contribution in [-0.4, -0.2) is 28.9 Å². The SMILES string of the molecule is CCC(O)C#Cc1cc(/N=C\Nc2ccc(O)c(CCC3CC3)c2)c(C=O)s1. The van der Waals surface area contributed by atoms with Crippen LogP contribution in [-0.2, 0) is 6.42 Å². The van der Waals surface area contributed by atoms with Crippen LogP contribution in [0.15, 0.2) is 29.3 Å². The summed E-state index contributed by atoms with van der Waals surface area (Å²) in [7, 11) is 0. The average molecular weight is 397 g/mol. The van der Waals surface area contributed by atoms with Gasteiger partial charge in [0.05, 0.1) is 21.8 Å². The van der Waals surface area contributed by atoms with Crippen molar-refractivity contribution < 1.29 is 15.0 Å². The topological polar surface area (TPSA) is 81.9 Å². The number of rotatable bonds is 8. The number of aliphatic imine (C=N–C) groups is 1. The summed E-state index contributed by atoms with van der Waals surface area (Å²) in [5.41, 5.74) is 2.30. The molecule has 1 atom stereocenters. The molecule has 1 aromatic carbocycles. The number of aryl methyl sites for hydroxylation is 1. The maximum Gasteiger partial charge on any atom is 0.162 e. The van der Waals surface area contributed by atoms with Crippen LogP contribution in [0.3, 0.4) is 0 Å². The van der Waals surface area contributed by atoms with Gasteiger partial charge in [-0.15, -0.1) is 11.3 Å². The van der Waals surface area contributed by atoms with E-state index in [1.165, 1.54) is 30.5 Å². The van der Waals surface area contributed by atoms with Crippen LogP contribution in [0, 0.1) is 17.8 Å². The Morgan fingerprint density at radius 2 is 2.21 bits per heavy atom. The second kappa shape index (κ2) is 9.54. The summed E-state index contributed by atoms with van der Waals surface area (Å²) in [5.74, 6) is 6.75. The van der Waals surface area contributed by atoms with E-state index in [2.05, 4.69) is 22.2 Å². The molecule has 0 bridgehead atoms. The normalized spacial score (nSPS) is 14.5. The minimum atomic E-state index is -0.668. The lowest BCUT2D eigenvalue weighted by Gasteiger charge is -2.07. The molecule has 1 aliphatic carbocycles. The first kappa shape index (κ1) is 20.1. The molecule has 1 aromatic heterocycles. The van der Waals surface area contributed by atoms with Crippen molar-refractivity contribution in [2.24, 2.45) is 10.9 Å². The molecule has 28 heavy (non-hydrogen) atoms. The number of aldehydes is 1. The van der Waals surface area contributed by atoms with Crippen molar-refractivity contribution in [1.29, 1.82) is 0 Å². The van der Waals surface area contributed by atoms with Gasteiger partial charge in [0.2, 0.25) is 0 Å². The monoisotopic (exact) mass is 396 g/mol. The molecule has 6 heteroatoms. The number of hydrogen-bond donors (Lipinski definition) is 3. The lowest BCUT2D eigenvalue weighted by Crippen LogP contribution is -1.98. The number of aromatic hydroxyl groups is 1. The molecule has 0 radical (unpaired) electrons. The molecule has 0 aliphatic heterocycles. The Kier molecular flexibility index (Phi) is 6.85. The van der Waals surface area contributed by atoms with Gasteiger partial charge in [-0.3, -0.25) is 4.79 Å².